The molecule has 18 heavy (non-hydrogen) atoms. The molecule has 1 rings (SSSR count). The highest BCUT2D eigenvalue weighted by Crippen LogP contribution is 2.10. The van der Waals surface area contributed by atoms with E-state index in [9.17, 15) is 9.90 Å². The van der Waals surface area contributed by atoms with Crippen LogP contribution in [0.1, 0.15) is 33.3 Å². The molecule has 0 aliphatic heterocycles. The zero-order chi connectivity index (χ0) is 13.8. The van der Waals surface area contributed by atoms with Gasteiger partial charge in [-0.25, -0.2) is 15.2 Å². The summed E-state index contributed by atoms with van der Waals surface area (Å²) in [6.07, 6.45) is -0.260. The molecule has 0 saturated heterocycles. The molecule has 4 heteroatoms. The van der Waals surface area contributed by atoms with Crippen LogP contribution in [0.25, 0.3) is 0 Å². The quantitative estimate of drug-likeness (QED) is 0.808. The van der Waals surface area contributed by atoms with Gasteiger partial charge < -0.3 is 5.11 Å². The molecule has 0 aliphatic carbocycles. The van der Waals surface area contributed by atoms with Crippen LogP contribution in [0.5, 0.6) is 0 Å². The van der Waals surface area contributed by atoms with Crippen molar-refractivity contribution in [3.05, 3.63) is 35.9 Å². The van der Waals surface area contributed by atoms with Crippen molar-refractivity contribution in [2.45, 2.75) is 45.7 Å². The van der Waals surface area contributed by atoms with Crippen molar-refractivity contribution in [1.82, 2.24) is 10.4 Å². The second-order valence-corrected chi connectivity index (χ2v) is 5.55. The number of rotatable bonds is 4. The molecular weight excluding hydrogens is 228 g/mol. The lowest BCUT2D eigenvalue weighted by molar-refractivity contribution is 0.0715. The third-order valence-corrected chi connectivity index (χ3v) is 2.48. The SMILES string of the molecule is CC(Cc1ccccc1)N(NC(C)(C)C)C(=O)O. The minimum atomic E-state index is -0.951. The fourth-order valence-electron chi connectivity index (χ4n) is 1.75. The number of nitrogens with zero attached hydrogens (tertiary/aromatic N) is 1. The molecule has 2 N–H and O–H groups in total. The van der Waals surface area contributed by atoms with Gasteiger partial charge in [-0.2, -0.15) is 0 Å². The first-order valence-corrected chi connectivity index (χ1v) is 6.13. The normalized spacial score (nSPS) is 13.1. The largest absolute Gasteiger partial charge is 0.464 e. The first-order chi connectivity index (χ1) is 8.29. The van der Waals surface area contributed by atoms with Gasteiger partial charge in [0, 0.05) is 5.54 Å². The van der Waals surface area contributed by atoms with E-state index in [1.807, 2.05) is 58.0 Å². The maximum Gasteiger partial charge on any atom is 0.422 e. The Morgan fingerprint density at radius 2 is 1.89 bits per heavy atom. The van der Waals surface area contributed by atoms with Crippen LogP contribution in [0.2, 0.25) is 0 Å². The maximum atomic E-state index is 11.3. The standard InChI is InChI=1S/C14H22N2O2/c1-11(10-12-8-6-5-7-9-12)16(13(17)18)15-14(2,3)4/h5-9,11,15H,10H2,1-4H3,(H,17,18). The minimum Gasteiger partial charge on any atom is -0.464 e. The molecule has 0 bridgehead atoms. The molecule has 0 heterocycles. The summed E-state index contributed by atoms with van der Waals surface area (Å²) in [6, 6.07) is 9.77. The van der Waals surface area contributed by atoms with E-state index < -0.39 is 6.09 Å². The van der Waals surface area contributed by atoms with Crippen molar-refractivity contribution in [3.63, 3.8) is 0 Å². The molecular formula is C14H22N2O2. The van der Waals surface area contributed by atoms with Crippen LogP contribution < -0.4 is 5.43 Å². The van der Waals surface area contributed by atoms with E-state index in [0.717, 1.165) is 5.56 Å². The molecule has 1 unspecified atom stereocenters. The van der Waals surface area contributed by atoms with Crippen LogP contribution in [0.3, 0.4) is 0 Å². The molecule has 1 atom stereocenters. The van der Waals surface area contributed by atoms with Crippen LogP contribution in [0.4, 0.5) is 4.79 Å². The van der Waals surface area contributed by atoms with Crippen LogP contribution in [-0.4, -0.2) is 27.8 Å². The van der Waals surface area contributed by atoms with Crippen molar-refractivity contribution in [1.29, 1.82) is 0 Å². The number of hydrazine groups is 1. The summed E-state index contributed by atoms with van der Waals surface area (Å²) >= 11 is 0. The number of carbonyl (C=O) groups is 1. The van der Waals surface area contributed by atoms with E-state index in [0.29, 0.717) is 6.42 Å². The zero-order valence-corrected chi connectivity index (χ0v) is 11.5. The van der Waals surface area contributed by atoms with Gasteiger partial charge in [0.1, 0.15) is 0 Å². The molecule has 4 nitrogen and oxygen atoms in total. The number of hydrogen-bond acceptors (Lipinski definition) is 2. The van der Waals surface area contributed by atoms with Gasteiger partial charge in [0.2, 0.25) is 0 Å². The van der Waals surface area contributed by atoms with Crippen molar-refractivity contribution >= 4 is 6.09 Å². The Hall–Kier alpha value is -1.55. The predicted octanol–water partition coefficient (Wildman–Crippen LogP) is 2.90. The number of benzene rings is 1. The van der Waals surface area contributed by atoms with Crippen molar-refractivity contribution in [2.24, 2.45) is 0 Å². The number of nitrogens with one attached hydrogen (secondary N) is 1. The fourth-order valence-corrected chi connectivity index (χ4v) is 1.75. The van der Waals surface area contributed by atoms with Gasteiger partial charge in [-0.3, -0.25) is 0 Å². The number of hydrogen-bond donors (Lipinski definition) is 2. The van der Waals surface area contributed by atoms with Crippen molar-refractivity contribution in [2.75, 3.05) is 0 Å². The average molecular weight is 250 g/mol. The Balaban J connectivity index is 2.72. The second-order valence-electron chi connectivity index (χ2n) is 5.55. The van der Waals surface area contributed by atoms with Crippen LogP contribution in [0, 0.1) is 0 Å². The number of amides is 1. The van der Waals surface area contributed by atoms with E-state index in [1.54, 1.807) is 0 Å². The summed E-state index contributed by atoms with van der Waals surface area (Å²) in [5.41, 5.74) is 3.87. The zero-order valence-electron chi connectivity index (χ0n) is 11.5. The minimum absolute atomic E-state index is 0.121. The highest BCUT2D eigenvalue weighted by atomic mass is 16.4. The Morgan fingerprint density at radius 1 is 1.33 bits per heavy atom. The lowest BCUT2D eigenvalue weighted by Gasteiger charge is -2.33. The third kappa shape index (κ3) is 4.75. The topological polar surface area (TPSA) is 52.6 Å². The Kier molecular flexibility index (Phi) is 4.73. The first-order valence-electron chi connectivity index (χ1n) is 6.13. The average Bonchev–Trinajstić information content (AvgIpc) is 2.25. The van der Waals surface area contributed by atoms with Crippen LogP contribution in [-0.2, 0) is 6.42 Å². The second kappa shape index (κ2) is 5.87. The van der Waals surface area contributed by atoms with Gasteiger partial charge in [0.25, 0.3) is 0 Å². The Labute approximate surface area is 109 Å². The molecule has 1 aromatic carbocycles. The first kappa shape index (κ1) is 14.5. The van der Waals surface area contributed by atoms with Gasteiger partial charge in [-0.05, 0) is 39.7 Å². The summed E-state index contributed by atoms with van der Waals surface area (Å²) in [5.74, 6) is 0. The molecule has 0 aliphatic rings. The van der Waals surface area contributed by atoms with Gasteiger partial charge in [-0.15, -0.1) is 0 Å². The van der Waals surface area contributed by atoms with Crippen LogP contribution >= 0.6 is 0 Å². The van der Waals surface area contributed by atoms with E-state index in [2.05, 4.69) is 5.43 Å². The third-order valence-electron chi connectivity index (χ3n) is 2.48. The summed E-state index contributed by atoms with van der Waals surface area (Å²) in [4.78, 5) is 11.3. The van der Waals surface area contributed by atoms with Gasteiger partial charge in [-0.1, -0.05) is 30.3 Å². The molecule has 0 fully saturated rings. The molecule has 0 saturated carbocycles. The molecule has 0 spiro atoms. The van der Waals surface area contributed by atoms with Crippen LogP contribution in [0.15, 0.2) is 30.3 Å². The Morgan fingerprint density at radius 3 is 2.33 bits per heavy atom. The number of carboxylic acid groups (broad SMARTS) is 1. The van der Waals surface area contributed by atoms with E-state index in [-0.39, 0.29) is 11.6 Å². The smallest absolute Gasteiger partial charge is 0.422 e. The fraction of sp³-hybridized carbons (Fsp3) is 0.500. The highest BCUT2D eigenvalue weighted by Gasteiger charge is 2.24. The molecule has 1 amide bonds. The summed E-state index contributed by atoms with van der Waals surface area (Å²) < 4.78 is 0. The molecule has 100 valence electrons. The van der Waals surface area contributed by atoms with Gasteiger partial charge in [0.15, 0.2) is 0 Å². The van der Waals surface area contributed by atoms with E-state index in [1.165, 1.54) is 5.01 Å². The predicted molar refractivity (Wildman–Crippen MR) is 72.4 cm³/mol. The molecule has 0 aromatic heterocycles. The van der Waals surface area contributed by atoms with Crippen molar-refractivity contribution < 1.29 is 9.90 Å². The van der Waals surface area contributed by atoms with Gasteiger partial charge >= 0.3 is 6.09 Å². The monoisotopic (exact) mass is 250 g/mol. The van der Waals surface area contributed by atoms with E-state index in [4.69, 9.17) is 0 Å². The lowest BCUT2D eigenvalue weighted by atomic mass is 10.1. The Bertz CT molecular complexity index is 385. The molecule has 1 aromatic rings. The molecule has 0 radical (unpaired) electrons. The lowest BCUT2D eigenvalue weighted by Crippen LogP contribution is -2.55. The van der Waals surface area contributed by atoms with Crippen molar-refractivity contribution in [3.8, 4) is 0 Å². The summed E-state index contributed by atoms with van der Waals surface area (Å²) in [6.45, 7) is 7.73. The maximum absolute atomic E-state index is 11.3. The highest BCUT2D eigenvalue weighted by molar-refractivity contribution is 5.64. The van der Waals surface area contributed by atoms with Gasteiger partial charge in [0.05, 0.1) is 6.04 Å². The summed E-state index contributed by atoms with van der Waals surface area (Å²) in [7, 11) is 0. The summed E-state index contributed by atoms with van der Waals surface area (Å²) in [5, 5.41) is 10.5. The van der Waals surface area contributed by atoms with E-state index >= 15 is 0 Å².